The molecule has 3 aromatic carbocycles. The first-order chi connectivity index (χ1) is 19.6. The van der Waals surface area contributed by atoms with Crippen molar-refractivity contribution in [2.75, 3.05) is 6.61 Å². The normalized spacial score (nSPS) is 14.8. The fraction of sp³-hybridized carbons (Fsp3) is 0.242. The van der Waals surface area contributed by atoms with E-state index in [4.69, 9.17) is 29.8 Å². The van der Waals surface area contributed by atoms with Crippen LogP contribution in [0.4, 0.5) is 11.4 Å². The molecule has 7 nitrogen and oxygen atoms in total. The van der Waals surface area contributed by atoms with Crippen molar-refractivity contribution in [3.63, 3.8) is 0 Å². The second kappa shape index (κ2) is 10.8. The van der Waals surface area contributed by atoms with E-state index in [0.717, 1.165) is 74.9 Å². The van der Waals surface area contributed by atoms with Crippen molar-refractivity contribution in [2.24, 2.45) is 17.0 Å². The molecule has 0 saturated heterocycles. The molecule has 1 aliphatic heterocycles. The number of rotatable bonds is 7. The number of aryl methyl sites for hydroxylation is 2. The maximum absolute atomic E-state index is 6.00. The zero-order chi connectivity index (χ0) is 27.6. The molecule has 0 bridgehead atoms. The van der Waals surface area contributed by atoms with Gasteiger partial charge in [-0.2, -0.15) is 5.10 Å². The van der Waals surface area contributed by atoms with Gasteiger partial charge in [0.05, 0.1) is 46.6 Å². The largest absolute Gasteiger partial charge is 0.493 e. The second-order valence-electron chi connectivity index (χ2n) is 9.92. The Kier molecular flexibility index (Phi) is 6.95. The molecule has 1 unspecified atom stereocenters. The third kappa shape index (κ3) is 4.57. The highest BCUT2D eigenvalue weighted by atomic mass is 16.5. The Morgan fingerprint density at radius 1 is 0.825 bits per heavy atom. The smallest absolute Gasteiger partial charge is 0.164 e. The topological polar surface area (TPSA) is 77.5 Å². The molecule has 3 heterocycles. The van der Waals surface area contributed by atoms with Crippen LogP contribution in [0, 0.1) is 0 Å². The Morgan fingerprint density at radius 3 is 2.27 bits per heavy atom. The maximum Gasteiger partial charge on any atom is 0.164 e. The quantitative estimate of drug-likeness (QED) is 0.221. The van der Waals surface area contributed by atoms with Crippen LogP contribution in [0.25, 0.3) is 22.4 Å². The predicted molar refractivity (Wildman–Crippen MR) is 161 cm³/mol. The van der Waals surface area contributed by atoms with Crippen molar-refractivity contribution in [3.8, 4) is 17.1 Å². The van der Waals surface area contributed by atoms with Gasteiger partial charge in [-0.3, -0.25) is 9.67 Å². The van der Waals surface area contributed by atoms with E-state index >= 15 is 0 Å². The Labute approximate surface area is 234 Å². The van der Waals surface area contributed by atoms with E-state index in [1.807, 2.05) is 85.4 Å². The lowest BCUT2D eigenvalue weighted by Gasteiger charge is -2.20. The van der Waals surface area contributed by atoms with E-state index in [2.05, 4.69) is 26.0 Å². The highest BCUT2D eigenvalue weighted by Crippen LogP contribution is 2.39. The van der Waals surface area contributed by atoms with Gasteiger partial charge in [-0.25, -0.2) is 15.0 Å². The Morgan fingerprint density at radius 2 is 1.52 bits per heavy atom. The summed E-state index contributed by atoms with van der Waals surface area (Å²) >= 11 is 0. The zero-order valence-corrected chi connectivity index (χ0v) is 23.3. The summed E-state index contributed by atoms with van der Waals surface area (Å²) in [6, 6.07) is 26.3. The van der Waals surface area contributed by atoms with Gasteiger partial charge in [0.1, 0.15) is 16.8 Å². The molecule has 200 valence electrons. The number of fused-ring (bicyclic) bond motifs is 2. The number of ether oxygens (including phenoxy) is 1. The molecule has 0 fully saturated rings. The zero-order valence-electron chi connectivity index (χ0n) is 23.3. The van der Waals surface area contributed by atoms with Crippen LogP contribution in [0.3, 0.4) is 0 Å². The van der Waals surface area contributed by atoms with Gasteiger partial charge in [0.2, 0.25) is 0 Å². The summed E-state index contributed by atoms with van der Waals surface area (Å²) in [6.45, 7) is 6.76. The molecule has 0 amide bonds. The van der Waals surface area contributed by atoms with Crippen LogP contribution in [-0.2, 0) is 13.5 Å². The van der Waals surface area contributed by atoms with Crippen molar-refractivity contribution in [1.82, 2.24) is 19.7 Å². The third-order valence-electron chi connectivity index (χ3n) is 7.15. The molecule has 0 spiro atoms. The molecule has 5 aromatic rings. The number of hydrogen-bond donors (Lipinski definition) is 0. The van der Waals surface area contributed by atoms with E-state index in [1.54, 1.807) is 0 Å². The molecule has 0 radical (unpaired) electrons. The lowest BCUT2D eigenvalue weighted by atomic mass is 9.88. The maximum atomic E-state index is 6.00. The number of para-hydroxylation sites is 3. The van der Waals surface area contributed by atoms with Crippen LogP contribution >= 0.6 is 0 Å². The molecular formula is C33H32N6O. The molecule has 1 aliphatic rings. The summed E-state index contributed by atoms with van der Waals surface area (Å²) in [6.07, 6.45) is 1.79. The standard InChI is InChI=1S/C33H32N6O/c1-5-14-26-30-32(39(4)38-26)31(37-33(36-30)23-17-10-13-20-27(23)40-6-2)28-21(3)34-24-18-11-12-19-25(24)35-29(28)22-15-8-7-9-16-22/h7-13,15-20,28H,5-6,14H2,1-4H3. The minimum atomic E-state index is -0.316. The molecule has 0 aliphatic carbocycles. The summed E-state index contributed by atoms with van der Waals surface area (Å²) in [7, 11) is 1.97. The monoisotopic (exact) mass is 528 g/mol. The van der Waals surface area contributed by atoms with Gasteiger partial charge in [-0.1, -0.05) is 67.9 Å². The summed E-state index contributed by atoms with van der Waals surface area (Å²) in [5.74, 6) is 1.05. The molecule has 6 rings (SSSR count). The second-order valence-corrected chi connectivity index (χ2v) is 9.92. The minimum Gasteiger partial charge on any atom is -0.493 e. The lowest BCUT2D eigenvalue weighted by molar-refractivity contribution is 0.341. The average Bonchev–Trinajstić information content (AvgIpc) is 3.20. The number of aromatic nitrogens is 4. The van der Waals surface area contributed by atoms with Crippen LogP contribution in [0.1, 0.15) is 50.1 Å². The summed E-state index contributed by atoms with van der Waals surface area (Å²) in [5, 5.41) is 4.92. The molecule has 0 saturated carbocycles. The number of benzene rings is 3. The Balaban J connectivity index is 1.68. The van der Waals surface area contributed by atoms with E-state index in [-0.39, 0.29) is 5.92 Å². The lowest BCUT2D eigenvalue weighted by Crippen LogP contribution is -2.23. The summed E-state index contributed by atoms with van der Waals surface area (Å²) < 4.78 is 7.92. The van der Waals surface area contributed by atoms with Gasteiger partial charge in [0.25, 0.3) is 0 Å². The highest BCUT2D eigenvalue weighted by molar-refractivity contribution is 6.21. The van der Waals surface area contributed by atoms with Gasteiger partial charge in [-0.15, -0.1) is 0 Å². The van der Waals surface area contributed by atoms with Gasteiger partial charge in [0.15, 0.2) is 5.82 Å². The van der Waals surface area contributed by atoms with Crippen LogP contribution in [-0.4, -0.2) is 37.8 Å². The van der Waals surface area contributed by atoms with E-state index in [1.165, 1.54) is 0 Å². The first-order valence-electron chi connectivity index (χ1n) is 13.8. The average molecular weight is 529 g/mol. The SMILES string of the molecule is CCCc1nn(C)c2c(C3C(C)=Nc4ccccc4N=C3c3ccccc3)nc(-c3ccccc3OCC)nc12. The fourth-order valence-corrected chi connectivity index (χ4v) is 5.40. The number of nitrogens with zero attached hydrogens (tertiary/aromatic N) is 6. The fourth-order valence-electron chi connectivity index (χ4n) is 5.40. The Bertz CT molecular complexity index is 1750. The van der Waals surface area contributed by atoms with Crippen molar-refractivity contribution < 1.29 is 4.74 Å². The minimum absolute atomic E-state index is 0.316. The molecule has 40 heavy (non-hydrogen) atoms. The molecule has 2 aromatic heterocycles. The summed E-state index contributed by atoms with van der Waals surface area (Å²) in [5.41, 5.74) is 8.92. The molecule has 7 heteroatoms. The van der Waals surface area contributed by atoms with Crippen molar-refractivity contribution in [1.29, 1.82) is 0 Å². The van der Waals surface area contributed by atoms with E-state index < -0.39 is 0 Å². The first kappa shape index (κ1) is 25.6. The number of aliphatic imine (C=N–C) groups is 2. The van der Waals surface area contributed by atoms with E-state index in [0.29, 0.717) is 12.4 Å². The van der Waals surface area contributed by atoms with Crippen LogP contribution in [0.5, 0.6) is 5.75 Å². The molecule has 1 atom stereocenters. The molecular weight excluding hydrogens is 496 g/mol. The van der Waals surface area contributed by atoms with Crippen LogP contribution in [0.2, 0.25) is 0 Å². The van der Waals surface area contributed by atoms with Gasteiger partial charge in [0, 0.05) is 12.8 Å². The van der Waals surface area contributed by atoms with Crippen LogP contribution in [0.15, 0.2) is 88.8 Å². The highest BCUT2D eigenvalue weighted by Gasteiger charge is 2.32. The number of hydrogen-bond acceptors (Lipinski definition) is 6. The van der Waals surface area contributed by atoms with Crippen molar-refractivity contribution in [3.05, 3.63) is 95.8 Å². The van der Waals surface area contributed by atoms with Gasteiger partial charge in [-0.05, 0) is 50.1 Å². The van der Waals surface area contributed by atoms with Crippen molar-refractivity contribution >= 4 is 33.8 Å². The first-order valence-corrected chi connectivity index (χ1v) is 13.8. The van der Waals surface area contributed by atoms with E-state index in [9.17, 15) is 0 Å². The molecule has 0 N–H and O–H groups in total. The van der Waals surface area contributed by atoms with Crippen molar-refractivity contribution in [2.45, 2.75) is 39.5 Å². The van der Waals surface area contributed by atoms with Gasteiger partial charge >= 0.3 is 0 Å². The summed E-state index contributed by atoms with van der Waals surface area (Å²) in [4.78, 5) is 20.7. The predicted octanol–water partition coefficient (Wildman–Crippen LogP) is 7.39. The van der Waals surface area contributed by atoms with Crippen LogP contribution < -0.4 is 4.74 Å². The van der Waals surface area contributed by atoms with Gasteiger partial charge < -0.3 is 4.74 Å². The Hall–Kier alpha value is -4.65. The third-order valence-corrected chi connectivity index (χ3v) is 7.15.